The van der Waals surface area contributed by atoms with Crippen LogP contribution in [-0.2, 0) is 9.59 Å². The molecule has 7 nitrogen and oxygen atoms in total. The minimum atomic E-state index is -1.55. The number of hydrogen-bond donors (Lipinski definition) is 3. The van der Waals surface area contributed by atoms with E-state index in [9.17, 15) is 9.59 Å². The summed E-state index contributed by atoms with van der Waals surface area (Å²) in [7, 11) is 0. The van der Waals surface area contributed by atoms with Crippen molar-refractivity contribution in [3.63, 3.8) is 0 Å². The SMILES string of the molecule is O=C(O)C(=CNc1ncnc2ccc(Cl)cc12)C(=O)O. The first-order chi connectivity index (χ1) is 9.49. The number of halogens is 1. The van der Waals surface area contributed by atoms with Gasteiger partial charge in [-0.3, -0.25) is 0 Å². The van der Waals surface area contributed by atoms with Crippen LogP contribution in [0.4, 0.5) is 5.82 Å². The molecule has 1 aromatic carbocycles. The van der Waals surface area contributed by atoms with Crippen molar-refractivity contribution in [2.45, 2.75) is 0 Å². The van der Waals surface area contributed by atoms with E-state index in [-0.39, 0.29) is 5.82 Å². The zero-order chi connectivity index (χ0) is 14.7. The van der Waals surface area contributed by atoms with Gasteiger partial charge in [-0.2, -0.15) is 0 Å². The number of carboxylic acids is 2. The summed E-state index contributed by atoms with van der Waals surface area (Å²) in [6.07, 6.45) is 2.13. The van der Waals surface area contributed by atoms with Gasteiger partial charge in [0.2, 0.25) is 0 Å². The molecule has 1 aromatic heterocycles. The molecule has 20 heavy (non-hydrogen) atoms. The monoisotopic (exact) mass is 293 g/mol. The largest absolute Gasteiger partial charge is 0.477 e. The summed E-state index contributed by atoms with van der Waals surface area (Å²) in [5.41, 5.74) is -0.216. The first-order valence-corrected chi connectivity index (χ1v) is 5.70. The third kappa shape index (κ3) is 2.83. The number of rotatable bonds is 4. The maximum Gasteiger partial charge on any atom is 0.344 e. The Kier molecular flexibility index (Phi) is 3.81. The summed E-state index contributed by atoms with van der Waals surface area (Å²) in [5, 5.41) is 21.0. The van der Waals surface area contributed by atoms with E-state index < -0.39 is 17.5 Å². The molecule has 0 atom stereocenters. The van der Waals surface area contributed by atoms with Gasteiger partial charge >= 0.3 is 11.9 Å². The average molecular weight is 294 g/mol. The Morgan fingerprint density at radius 1 is 1.20 bits per heavy atom. The highest BCUT2D eigenvalue weighted by Crippen LogP contribution is 2.23. The number of nitrogens with zero attached hydrogens (tertiary/aromatic N) is 2. The highest BCUT2D eigenvalue weighted by Gasteiger charge is 2.16. The number of carboxylic acid groups (broad SMARTS) is 2. The number of nitrogens with one attached hydrogen (secondary N) is 1. The number of benzene rings is 1. The second kappa shape index (κ2) is 5.54. The number of anilines is 1. The zero-order valence-electron chi connectivity index (χ0n) is 9.87. The van der Waals surface area contributed by atoms with Crippen LogP contribution in [0, 0.1) is 0 Å². The van der Waals surface area contributed by atoms with Gasteiger partial charge < -0.3 is 15.5 Å². The number of aromatic nitrogens is 2. The fraction of sp³-hybridized carbons (Fsp3) is 0. The third-order valence-corrected chi connectivity index (χ3v) is 2.65. The maximum atomic E-state index is 10.7. The Balaban J connectivity index is 2.44. The number of aliphatic carboxylic acids is 2. The van der Waals surface area contributed by atoms with Crippen molar-refractivity contribution < 1.29 is 19.8 Å². The molecule has 0 spiro atoms. The van der Waals surface area contributed by atoms with Crippen molar-refractivity contribution in [3.05, 3.63) is 41.3 Å². The van der Waals surface area contributed by atoms with Gasteiger partial charge in [0.25, 0.3) is 0 Å². The van der Waals surface area contributed by atoms with Crippen molar-refractivity contribution in [1.29, 1.82) is 0 Å². The molecule has 0 radical (unpaired) electrons. The van der Waals surface area contributed by atoms with Crippen LogP contribution in [0.15, 0.2) is 36.3 Å². The van der Waals surface area contributed by atoms with Crippen LogP contribution in [-0.4, -0.2) is 32.1 Å². The van der Waals surface area contributed by atoms with Crippen molar-refractivity contribution >= 4 is 40.3 Å². The third-order valence-electron chi connectivity index (χ3n) is 2.41. The summed E-state index contributed by atoms with van der Waals surface area (Å²) in [4.78, 5) is 29.4. The van der Waals surface area contributed by atoms with E-state index in [1.165, 1.54) is 6.33 Å². The molecule has 0 bridgehead atoms. The van der Waals surface area contributed by atoms with E-state index >= 15 is 0 Å². The topological polar surface area (TPSA) is 112 Å². The Bertz CT molecular complexity index is 714. The molecule has 3 N–H and O–H groups in total. The summed E-state index contributed by atoms with van der Waals surface area (Å²) in [6.45, 7) is 0. The van der Waals surface area contributed by atoms with Crippen LogP contribution in [0.25, 0.3) is 10.9 Å². The Labute approximate surface area is 117 Å². The highest BCUT2D eigenvalue weighted by molar-refractivity contribution is 6.31. The smallest absolute Gasteiger partial charge is 0.344 e. The molecule has 0 saturated carbocycles. The zero-order valence-corrected chi connectivity index (χ0v) is 10.6. The Hall–Kier alpha value is -2.67. The van der Waals surface area contributed by atoms with Gasteiger partial charge in [-0.25, -0.2) is 19.6 Å². The molecular weight excluding hydrogens is 286 g/mol. The minimum absolute atomic E-state index is 0.262. The standard InChI is InChI=1S/C12H8ClN3O4/c13-6-1-2-9-7(3-6)10(16-5-15-9)14-4-8(11(17)18)12(19)20/h1-5H,(H,17,18)(H,19,20)(H,14,15,16). The Morgan fingerprint density at radius 2 is 1.90 bits per heavy atom. The van der Waals surface area contributed by atoms with Crippen molar-refractivity contribution in [1.82, 2.24) is 9.97 Å². The van der Waals surface area contributed by atoms with E-state index in [1.807, 2.05) is 0 Å². The molecule has 2 rings (SSSR count). The molecule has 0 fully saturated rings. The van der Waals surface area contributed by atoms with E-state index in [1.54, 1.807) is 18.2 Å². The Morgan fingerprint density at radius 3 is 2.55 bits per heavy atom. The summed E-state index contributed by atoms with van der Waals surface area (Å²) in [5.74, 6) is -2.85. The molecule has 1 heterocycles. The summed E-state index contributed by atoms with van der Waals surface area (Å²) in [6, 6.07) is 4.91. The average Bonchev–Trinajstić information content (AvgIpc) is 2.38. The second-order valence-electron chi connectivity index (χ2n) is 3.70. The summed E-state index contributed by atoms with van der Waals surface area (Å²) >= 11 is 5.87. The van der Waals surface area contributed by atoms with Crippen LogP contribution in [0.2, 0.25) is 5.02 Å². The lowest BCUT2D eigenvalue weighted by Crippen LogP contribution is -2.13. The molecular formula is C12H8ClN3O4. The predicted molar refractivity (Wildman–Crippen MR) is 71.5 cm³/mol. The van der Waals surface area contributed by atoms with Crippen LogP contribution < -0.4 is 5.32 Å². The maximum absolute atomic E-state index is 10.7. The normalized spacial score (nSPS) is 10.1. The fourth-order valence-corrected chi connectivity index (χ4v) is 1.67. The highest BCUT2D eigenvalue weighted by atomic mass is 35.5. The molecule has 8 heteroatoms. The van der Waals surface area contributed by atoms with E-state index in [0.717, 1.165) is 6.20 Å². The first-order valence-electron chi connectivity index (χ1n) is 5.32. The number of carbonyl (C=O) groups is 2. The first kappa shape index (κ1) is 13.8. The molecule has 0 aliphatic carbocycles. The van der Waals surface area contributed by atoms with Gasteiger partial charge in [-0.05, 0) is 18.2 Å². The van der Waals surface area contributed by atoms with E-state index in [0.29, 0.717) is 15.9 Å². The lowest BCUT2D eigenvalue weighted by atomic mass is 10.2. The second-order valence-corrected chi connectivity index (χ2v) is 4.13. The van der Waals surface area contributed by atoms with Crippen LogP contribution in [0.5, 0.6) is 0 Å². The molecule has 2 aromatic rings. The molecule has 102 valence electrons. The lowest BCUT2D eigenvalue weighted by Gasteiger charge is -2.05. The molecule has 0 unspecified atom stereocenters. The fourth-order valence-electron chi connectivity index (χ4n) is 1.50. The molecule has 0 amide bonds. The van der Waals surface area contributed by atoms with Crippen LogP contribution in [0.3, 0.4) is 0 Å². The lowest BCUT2D eigenvalue weighted by molar-refractivity contribution is -0.140. The van der Waals surface area contributed by atoms with Gasteiger partial charge in [0.15, 0.2) is 5.57 Å². The van der Waals surface area contributed by atoms with E-state index in [4.69, 9.17) is 21.8 Å². The molecule has 0 aliphatic heterocycles. The number of hydrogen-bond acceptors (Lipinski definition) is 5. The van der Waals surface area contributed by atoms with E-state index in [2.05, 4.69) is 15.3 Å². The minimum Gasteiger partial charge on any atom is -0.477 e. The van der Waals surface area contributed by atoms with Crippen LogP contribution in [0.1, 0.15) is 0 Å². The predicted octanol–water partition coefficient (Wildman–Crippen LogP) is 1.75. The van der Waals surface area contributed by atoms with Crippen molar-refractivity contribution in [2.24, 2.45) is 0 Å². The quantitative estimate of drug-likeness (QED) is 0.447. The van der Waals surface area contributed by atoms with Gasteiger partial charge in [0.05, 0.1) is 5.52 Å². The molecule has 0 aliphatic rings. The van der Waals surface area contributed by atoms with Gasteiger partial charge in [-0.15, -0.1) is 0 Å². The van der Waals surface area contributed by atoms with Gasteiger partial charge in [0, 0.05) is 16.6 Å². The number of fused-ring (bicyclic) bond motifs is 1. The molecule has 0 saturated heterocycles. The summed E-state index contributed by atoms with van der Waals surface area (Å²) < 4.78 is 0. The van der Waals surface area contributed by atoms with Crippen molar-refractivity contribution in [3.8, 4) is 0 Å². The van der Waals surface area contributed by atoms with Gasteiger partial charge in [-0.1, -0.05) is 11.6 Å². The van der Waals surface area contributed by atoms with Crippen molar-refractivity contribution in [2.75, 3.05) is 5.32 Å². The van der Waals surface area contributed by atoms with Crippen LogP contribution >= 0.6 is 11.6 Å². The van der Waals surface area contributed by atoms with Gasteiger partial charge in [0.1, 0.15) is 12.1 Å².